The fourth-order valence-electron chi connectivity index (χ4n) is 5.28. The van der Waals surface area contributed by atoms with Crippen LogP contribution >= 0.6 is 0 Å². The minimum atomic E-state index is 0.681. The number of rotatable bonds is 2. The summed E-state index contributed by atoms with van der Waals surface area (Å²) in [5, 5.41) is 0. The fourth-order valence-corrected chi connectivity index (χ4v) is 5.28. The number of nitrogens with zero attached hydrogens (tertiary/aromatic N) is 5. The molecule has 1 atom stereocenters. The van der Waals surface area contributed by atoms with Gasteiger partial charge >= 0.3 is 0 Å². The van der Waals surface area contributed by atoms with Gasteiger partial charge in [-0.15, -0.1) is 0 Å². The second-order valence-corrected chi connectivity index (χ2v) is 8.65. The highest BCUT2D eigenvalue weighted by Gasteiger charge is 2.26. The number of aryl methyl sites for hydroxylation is 1. The van der Waals surface area contributed by atoms with E-state index >= 15 is 0 Å². The molecule has 148 valence electrons. The number of imidazole rings is 2. The van der Waals surface area contributed by atoms with Crippen molar-refractivity contribution in [3.8, 4) is 0 Å². The molecular formula is C24H27N5. The lowest BCUT2D eigenvalue weighted by Gasteiger charge is -2.37. The van der Waals surface area contributed by atoms with Crippen molar-refractivity contribution in [3.63, 3.8) is 0 Å². The molecule has 0 unspecified atom stereocenters. The van der Waals surface area contributed by atoms with Crippen LogP contribution in [0.5, 0.6) is 0 Å². The molecule has 5 nitrogen and oxygen atoms in total. The highest BCUT2D eigenvalue weighted by atomic mass is 15.2. The van der Waals surface area contributed by atoms with E-state index in [1.807, 2.05) is 12.4 Å². The first kappa shape index (κ1) is 17.2. The van der Waals surface area contributed by atoms with E-state index in [-0.39, 0.29) is 0 Å². The molecule has 0 N–H and O–H groups in total. The number of hydrogen-bond donors (Lipinski definition) is 0. The van der Waals surface area contributed by atoms with E-state index in [9.17, 15) is 0 Å². The Kier molecular flexibility index (Phi) is 4.15. The van der Waals surface area contributed by atoms with Gasteiger partial charge in [0, 0.05) is 44.1 Å². The van der Waals surface area contributed by atoms with Crippen LogP contribution in [0.3, 0.4) is 0 Å². The van der Waals surface area contributed by atoms with Gasteiger partial charge in [0.1, 0.15) is 11.5 Å². The zero-order chi connectivity index (χ0) is 19.2. The number of benzene rings is 1. The standard InChI is InChI=1S/C24H27N5/c1-2-10-27-11-3-12-29-22-7-5-18(15-21(22)26-24(29)16-20(27)4-1)14-19-6-8-23-25-9-13-28(23)17-19/h5-9,13,15,17,20H,1-4,10-12,14,16H2/t20-/m1/s1. The van der Waals surface area contributed by atoms with Crippen LogP contribution in [0.25, 0.3) is 16.7 Å². The molecule has 29 heavy (non-hydrogen) atoms. The summed E-state index contributed by atoms with van der Waals surface area (Å²) < 4.78 is 4.58. The summed E-state index contributed by atoms with van der Waals surface area (Å²) in [6.07, 6.45) is 13.3. The zero-order valence-electron chi connectivity index (χ0n) is 16.8. The van der Waals surface area contributed by atoms with Crippen LogP contribution in [0.1, 0.15) is 42.6 Å². The summed E-state index contributed by atoms with van der Waals surface area (Å²) in [6, 6.07) is 11.8. The fraction of sp³-hybridized carbons (Fsp3) is 0.417. The first-order valence-electron chi connectivity index (χ1n) is 11.0. The van der Waals surface area contributed by atoms with Gasteiger partial charge in [0.2, 0.25) is 0 Å². The van der Waals surface area contributed by atoms with Crippen LogP contribution in [0, 0.1) is 0 Å². The molecular weight excluding hydrogens is 358 g/mol. The second kappa shape index (κ2) is 6.99. The molecule has 1 aromatic carbocycles. The molecule has 0 bridgehead atoms. The van der Waals surface area contributed by atoms with Crippen molar-refractivity contribution in [1.82, 2.24) is 23.8 Å². The Morgan fingerprint density at radius 2 is 1.90 bits per heavy atom. The Balaban J connectivity index is 1.32. The van der Waals surface area contributed by atoms with Crippen LogP contribution in [0.4, 0.5) is 0 Å². The van der Waals surface area contributed by atoms with Gasteiger partial charge in [0.15, 0.2) is 0 Å². The highest BCUT2D eigenvalue weighted by molar-refractivity contribution is 5.77. The largest absolute Gasteiger partial charge is 0.328 e. The third-order valence-electron chi connectivity index (χ3n) is 6.74. The normalized spacial score (nSPS) is 20.3. The Morgan fingerprint density at radius 1 is 0.966 bits per heavy atom. The molecule has 4 aromatic rings. The first-order valence-corrected chi connectivity index (χ1v) is 11.0. The number of piperidine rings is 1. The summed E-state index contributed by atoms with van der Waals surface area (Å²) in [4.78, 5) is 12.2. The average molecular weight is 386 g/mol. The molecule has 2 aliphatic heterocycles. The van der Waals surface area contributed by atoms with Crippen LogP contribution in [-0.2, 0) is 19.4 Å². The third-order valence-corrected chi connectivity index (χ3v) is 6.74. The van der Waals surface area contributed by atoms with Gasteiger partial charge in [-0.1, -0.05) is 18.6 Å². The van der Waals surface area contributed by atoms with E-state index < -0.39 is 0 Å². The minimum Gasteiger partial charge on any atom is -0.328 e. The minimum absolute atomic E-state index is 0.681. The molecule has 2 aliphatic rings. The van der Waals surface area contributed by atoms with Crippen LogP contribution < -0.4 is 0 Å². The lowest BCUT2D eigenvalue weighted by molar-refractivity contribution is 0.135. The predicted octanol–water partition coefficient (Wildman–Crippen LogP) is 4.08. The predicted molar refractivity (Wildman–Crippen MR) is 115 cm³/mol. The van der Waals surface area contributed by atoms with Gasteiger partial charge in [-0.25, -0.2) is 9.97 Å². The highest BCUT2D eigenvalue weighted by Crippen LogP contribution is 2.27. The van der Waals surface area contributed by atoms with Gasteiger partial charge in [-0.2, -0.15) is 0 Å². The Labute approximate surface area is 171 Å². The zero-order valence-corrected chi connectivity index (χ0v) is 16.8. The molecule has 1 fully saturated rings. The molecule has 0 spiro atoms. The van der Waals surface area contributed by atoms with Gasteiger partial charge in [0.25, 0.3) is 0 Å². The van der Waals surface area contributed by atoms with E-state index in [0.717, 1.165) is 30.6 Å². The summed E-state index contributed by atoms with van der Waals surface area (Å²) in [6.45, 7) is 3.60. The average Bonchev–Trinajstić information content (AvgIpc) is 3.31. The van der Waals surface area contributed by atoms with E-state index in [4.69, 9.17) is 4.98 Å². The lowest BCUT2D eigenvalue weighted by atomic mass is 9.98. The third kappa shape index (κ3) is 3.14. The SMILES string of the molecule is c1cn2cc(Cc3ccc4c(c3)nc3n4CCCN4CCCC[C@@H]4C3)ccc2n1. The van der Waals surface area contributed by atoms with E-state index in [0.29, 0.717) is 6.04 Å². The lowest BCUT2D eigenvalue weighted by Crippen LogP contribution is -2.43. The van der Waals surface area contributed by atoms with Crippen LogP contribution in [-0.4, -0.2) is 43.0 Å². The van der Waals surface area contributed by atoms with Crippen molar-refractivity contribution in [1.29, 1.82) is 0 Å². The molecule has 3 aromatic heterocycles. The van der Waals surface area contributed by atoms with Crippen molar-refractivity contribution in [2.75, 3.05) is 13.1 Å². The maximum Gasteiger partial charge on any atom is 0.136 e. The smallest absolute Gasteiger partial charge is 0.136 e. The summed E-state index contributed by atoms with van der Waals surface area (Å²) in [5.74, 6) is 1.29. The van der Waals surface area contributed by atoms with Gasteiger partial charge in [-0.3, -0.25) is 4.90 Å². The molecule has 0 radical (unpaired) electrons. The van der Waals surface area contributed by atoms with Crippen molar-refractivity contribution in [2.24, 2.45) is 0 Å². The number of fused-ring (bicyclic) bond motifs is 5. The van der Waals surface area contributed by atoms with Gasteiger partial charge < -0.3 is 8.97 Å². The summed E-state index contributed by atoms with van der Waals surface area (Å²) in [5.41, 5.74) is 6.08. The van der Waals surface area contributed by atoms with Crippen LogP contribution in [0.15, 0.2) is 48.9 Å². The number of hydrogen-bond acceptors (Lipinski definition) is 3. The number of pyridine rings is 1. The van der Waals surface area contributed by atoms with Crippen molar-refractivity contribution < 1.29 is 0 Å². The maximum atomic E-state index is 5.11. The molecule has 1 saturated heterocycles. The summed E-state index contributed by atoms with van der Waals surface area (Å²) >= 11 is 0. The Hall–Kier alpha value is -2.66. The Morgan fingerprint density at radius 3 is 2.90 bits per heavy atom. The van der Waals surface area contributed by atoms with E-state index in [1.54, 1.807) is 0 Å². The van der Waals surface area contributed by atoms with Crippen molar-refractivity contribution in [2.45, 2.75) is 51.1 Å². The molecule has 5 heteroatoms. The van der Waals surface area contributed by atoms with Crippen LogP contribution in [0.2, 0.25) is 0 Å². The van der Waals surface area contributed by atoms with Gasteiger partial charge in [0.05, 0.1) is 11.0 Å². The molecule has 5 heterocycles. The van der Waals surface area contributed by atoms with E-state index in [1.165, 1.54) is 61.2 Å². The van der Waals surface area contributed by atoms with E-state index in [2.05, 4.69) is 55.4 Å². The second-order valence-electron chi connectivity index (χ2n) is 8.65. The van der Waals surface area contributed by atoms with Gasteiger partial charge in [-0.05, 0) is 61.6 Å². The topological polar surface area (TPSA) is 38.4 Å². The molecule has 6 rings (SSSR count). The Bertz CT molecular complexity index is 1170. The summed E-state index contributed by atoms with van der Waals surface area (Å²) in [7, 11) is 0. The quantitative estimate of drug-likeness (QED) is 0.522. The van der Waals surface area contributed by atoms with Crippen molar-refractivity contribution in [3.05, 3.63) is 65.9 Å². The molecule has 0 saturated carbocycles. The monoisotopic (exact) mass is 385 g/mol. The number of aromatic nitrogens is 4. The molecule has 0 aliphatic carbocycles. The van der Waals surface area contributed by atoms with Crippen molar-refractivity contribution >= 4 is 16.7 Å². The maximum absolute atomic E-state index is 5.11. The first-order chi connectivity index (χ1) is 14.3. The molecule has 0 amide bonds.